The molecule has 0 N–H and O–H groups in total. The van der Waals surface area contributed by atoms with E-state index in [1.165, 1.54) is 0 Å². The van der Waals surface area contributed by atoms with Crippen LogP contribution in [0.1, 0.15) is 20.3 Å². The molecule has 0 rings (SSSR count). The maximum Gasteiger partial charge on any atom is 0.0291 e. The van der Waals surface area contributed by atoms with Gasteiger partial charge < -0.3 is 0 Å². The summed E-state index contributed by atoms with van der Waals surface area (Å²) in [5, 5.41) is 0.285. The Morgan fingerprint density at radius 2 is 2.11 bits per heavy atom. The Kier molecular flexibility index (Phi) is 5.50. The molecule has 0 aliphatic heterocycles. The van der Waals surface area contributed by atoms with Gasteiger partial charge in [0.25, 0.3) is 0 Å². The van der Waals surface area contributed by atoms with E-state index in [2.05, 4.69) is 0 Å². The molecule has 0 aromatic rings. The van der Waals surface area contributed by atoms with Crippen LogP contribution in [0.4, 0.5) is 0 Å². The second-order valence-electron chi connectivity index (χ2n) is 2.18. The van der Waals surface area contributed by atoms with Gasteiger partial charge in [0.15, 0.2) is 0 Å². The van der Waals surface area contributed by atoms with E-state index in [-0.39, 0.29) is 5.25 Å². The normalized spacial score (nSPS) is 14.2. The summed E-state index contributed by atoms with van der Waals surface area (Å²) in [6.07, 6.45) is 0.867. The van der Waals surface area contributed by atoms with Gasteiger partial charge in [0.05, 0.1) is 0 Å². The number of hydrogen-bond donors (Lipinski definition) is 0. The highest BCUT2D eigenvalue weighted by Crippen LogP contribution is 1.96. The topological polar surface area (TPSA) is 17.1 Å². The Hall–Kier alpha value is 0.440. The van der Waals surface area contributed by atoms with E-state index in [4.69, 9.17) is 11.6 Å². The molecule has 0 aromatic carbocycles. The van der Waals surface area contributed by atoms with Crippen LogP contribution in [0.15, 0.2) is 0 Å². The van der Waals surface area contributed by atoms with Gasteiger partial charge in [0.1, 0.15) is 0 Å². The Morgan fingerprint density at radius 3 is 2.44 bits per heavy atom. The highest BCUT2D eigenvalue weighted by atomic mass is 35.5. The maximum absolute atomic E-state index is 11.0. The first-order chi connectivity index (χ1) is 4.18. The lowest BCUT2D eigenvalue weighted by molar-refractivity contribution is 0.675. The summed E-state index contributed by atoms with van der Waals surface area (Å²) < 4.78 is 11.0. The maximum atomic E-state index is 11.0. The third-order valence-electron chi connectivity index (χ3n) is 1.00. The van der Waals surface area contributed by atoms with Gasteiger partial charge in [0, 0.05) is 27.7 Å². The number of alkyl halides is 1. The standard InChI is InChI=1S/C6H13ClOS/c1-6(2)9(8)5-3-4-7/h6H,3-5H2,1-2H3. The van der Waals surface area contributed by atoms with Crippen molar-refractivity contribution in [3.63, 3.8) is 0 Å². The molecule has 0 fully saturated rings. The molecular weight excluding hydrogens is 156 g/mol. The third kappa shape index (κ3) is 4.91. The first-order valence-corrected chi connectivity index (χ1v) is 5.03. The number of rotatable bonds is 4. The molecule has 0 radical (unpaired) electrons. The van der Waals surface area contributed by atoms with Crippen molar-refractivity contribution in [2.45, 2.75) is 25.5 Å². The van der Waals surface area contributed by atoms with Gasteiger partial charge >= 0.3 is 0 Å². The Bertz CT molecular complexity index is 93.1. The van der Waals surface area contributed by atoms with Crippen LogP contribution in [0.2, 0.25) is 0 Å². The fraction of sp³-hybridized carbons (Fsp3) is 1.00. The largest absolute Gasteiger partial charge is 0.259 e. The SMILES string of the molecule is CC(C)S(=O)CCCCl. The fourth-order valence-corrected chi connectivity index (χ4v) is 1.62. The number of halogens is 1. The predicted octanol–water partition coefficient (Wildman–Crippen LogP) is 1.77. The first kappa shape index (κ1) is 9.44. The average molecular weight is 169 g/mol. The van der Waals surface area contributed by atoms with E-state index in [1.54, 1.807) is 0 Å². The molecule has 0 heterocycles. The van der Waals surface area contributed by atoms with Gasteiger partial charge in [-0.3, -0.25) is 4.21 Å². The van der Waals surface area contributed by atoms with Crippen molar-refractivity contribution in [1.82, 2.24) is 0 Å². The summed E-state index contributed by atoms with van der Waals surface area (Å²) >= 11 is 5.42. The monoisotopic (exact) mass is 168 g/mol. The van der Waals surface area contributed by atoms with Crippen LogP contribution < -0.4 is 0 Å². The quantitative estimate of drug-likeness (QED) is 0.585. The van der Waals surface area contributed by atoms with Crippen LogP contribution >= 0.6 is 11.6 Å². The van der Waals surface area contributed by atoms with Gasteiger partial charge in [0.2, 0.25) is 0 Å². The molecule has 1 unspecified atom stereocenters. The van der Waals surface area contributed by atoms with Crippen molar-refractivity contribution in [2.75, 3.05) is 11.6 Å². The fourth-order valence-electron chi connectivity index (χ4n) is 0.433. The van der Waals surface area contributed by atoms with E-state index in [0.29, 0.717) is 5.88 Å². The molecule has 0 spiro atoms. The van der Waals surface area contributed by atoms with Crippen molar-refractivity contribution in [3.05, 3.63) is 0 Å². The van der Waals surface area contributed by atoms with E-state index < -0.39 is 10.8 Å². The third-order valence-corrected chi connectivity index (χ3v) is 3.01. The molecule has 0 aliphatic carbocycles. The molecule has 1 atom stereocenters. The van der Waals surface area contributed by atoms with Crippen LogP contribution in [0.25, 0.3) is 0 Å². The summed E-state index contributed by atoms with van der Waals surface area (Å²) in [7, 11) is -0.656. The lowest BCUT2D eigenvalue weighted by Crippen LogP contribution is -2.09. The van der Waals surface area contributed by atoms with Crippen molar-refractivity contribution in [2.24, 2.45) is 0 Å². The summed E-state index contributed by atoms with van der Waals surface area (Å²) in [5.41, 5.74) is 0. The molecular formula is C6H13ClOS. The van der Waals surface area contributed by atoms with Crippen LogP contribution in [0, 0.1) is 0 Å². The Labute approximate surface area is 64.2 Å². The summed E-state index contributed by atoms with van der Waals surface area (Å²) in [6, 6.07) is 0. The highest BCUT2D eigenvalue weighted by molar-refractivity contribution is 7.85. The molecule has 3 heteroatoms. The summed E-state index contributed by atoms with van der Waals surface area (Å²) in [4.78, 5) is 0. The molecule has 0 aliphatic rings. The van der Waals surface area contributed by atoms with Gasteiger partial charge in [-0.2, -0.15) is 0 Å². The van der Waals surface area contributed by atoms with Crippen LogP contribution in [0.5, 0.6) is 0 Å². The minimum atomic E-state index is -0.656. The van der Waals surface area contributed by atoms with E-state index >= 15 is 0 Å². The van der Waals surface area contributed by atoms with E-state index in [0.717, 1.165) is 12.2 Å². The van der Waals surface area contributed by atoms with Crippen molar-refractivity contribution in [3.8, 4) is 0 Å². The number of hydrogen-bond acceptors (Lipinski definition) is 1. The molecule has 0 aromatic heterocycles. The minimum Gasteiger partial charge on any atom is -0.259 e. The van der Waals surface area contributed by atoms with Crippen LogP contribution in [0.3, 0.4) is 0 Å². The molecule has 9 heavy (non-hydrogen) atoms. The molecule has 0 saturated heterocycles. The Balaban J connectivity index is 3.28. The van der Waals surface area contributed by atoms with Gasteiger partial charge in [-0.15, -0.1) is 11.6 Å². The van der Waals surface area contributed by atoms with Gasteiger partial charge in [-0.1, -0.05) is 13.8 Å². The smallest absolute Gasteiger partial charge is 0.0291 e. The van der Waals surface area contributed by atoms with Crippen LogP contribution in [-0.4, -0.2) is 21.1 Å². The predicted molar refractivity (Wildman–Crippen MR) is 43.5 cm³/mol. The van der Waals surface area contributed by atoms with Crippen molar-refractivity contribution in [1.29, 1.82) is 0 Å². The molecule has 1 nitrogen and oxygen atoms in total. The van der Waals surface area contributed by atoms with Crippen LogP contribution in [-0.2, 0) is 10.8 Å². The highest BCUT2D eigenvalue weighted by Gasteiger charge is 2.02. The first-order valence-electron chi connectivity index (χ1n) is 3.11. The lowest BCUT2D eigenvalue weighted by Gasteiger charge is -2.01. The molecule has 0 bridgehead atoms. The van der Waals surface area contributed by atoms with Crippen molar-refractivity contribution >= 4 is 22.4 Å². The summed E-state index contributed by atoms with van der Waals surface area (Å²) in [6.45, 7) is 3.93. The zero-order valence-corrected chi connectivity index (χ0v) is 7.47. The Morgan fingerprint density at radius 1 is 1.56 bits per heavy atom. The van der Waals surface area contributed by atoms with Crippen molar-refractivity contribution < 1.29 is 4.21 Å². The summed E-state index contributed by atoms with van der Waals surface area (Å²) in [5.74, 6) is 1.37. The van der Waals surface area contributed by atoms with Gasteiger partial charge in [-0.25, -0.2) is 0 Å². The van der Waals surface area contributed by atoms with Gasteiger partial charge in [-0.05, 0) is 6.42 Å². The minimum absolute atomic E-state index is 0.285. The zero-order valence-electron chi connectivity index (χ0n) is 5.89. The average Bonchev–Trinajstić information content (AvgIpc) is 1.82. The molecule has 0 saturated carbocycles. The zero-order chi connectivity index (χ0) is 7.28. The van der Waals surface area contributed by atoms with E-state index in [9.17, 15) is 4.21 Å². The second-order valence-corrected chi connectivity index (χ2v) is 4.67. The van der Waals surface area contributed by atoms with E-state index in [1.807, 2.05) is 13.8 Å². The molecule has 56 valence electrons. The molecule has 0 amide bonds. The lowest BCUT2D eigenvalue weighted by atomic mass is 10.6. The second kappa shape index (κ2) is 5.24.